The fraction of sp³-hybridized carbons (Fsp3) is 0.750. The first kappa shape index (κ1) is 9.58. The summed E-state index contributed by atoms with van der Waals surface area (Å²) in [5, 5.41) is 2.17. The number of thioether (sulfide) groups is 1. The number of hydrogen-bond acceptors (Lipinski definition) is 3. The van der Waals surface area contributed by atoms with Crippen LogP contribution in [-0.2, 0) is 9.59 Å². The van der Waals surface area contributed by atoms with E-state index in [4.69, 9.17) is 0 Å². The molecule has 0 radical (unpaired) electrons. The summed E-state index contributed by atoms with van der Waals surface area (Å²) in [5.41, 5.74) is 0. The Labute approximate surface area is 76.3 Å². The van der Waals surface area contributed by atoms with Crippen molar-refractivity contribution >= 4 is 23.6 Å². The van der Waals surface area contributed by atoms with Gasteiger partial charge in [0.05, 0.1) is 5.25 Å². The molecule has 1 aliphatic rings. The highest BCUT2D eigenvalue weighted by Crippen LogP contribution is 2.20. The van der Waals surface area contributed by atoms with E-state index in [1.807, 2.05) is 0 Å². The first-order valence-corrected chi connectivity index (χ1v) is 5.24. The van der Waals surface area contributed by atoms with E-state index >= 15 is 0 Å². The van der Waals surface area contributed by atoms with Gasteiger partial charge in [0.15, 0.2) is 0 Å². The van der Waals surface area contributed by atoms with E-state index in [1.54, 1.807) is 11.8 Å². The van der Waals surface area contributed by atoms with Crippen molar-refractivity contribution in [3.8, 4) is 0 Å². The summed E-state index contributed by atoms with van der Waals surface area (Å²) in [6.07, 6.45) is 2.62. The van der Waals surface area contributed by atoms with Gasteiger partial charge in [-0.2, -0.15) is 0 Å². The Kier molecular flexibility index (Phi) is 3.59. The largest absolute Gasteiger partial charge is 0.295 e. The van der Waals surface area contributed by atoms with Crippen LogP contribution in [0, 0.1) is 0 Å². The van der Waals surface area contributed by atoms with Crippen LogP contribution in [0.3, 0.4) is 0 Å². The van der Waals surface area contributed by atoms with Crippen molar-refractivity contribution in [2.75, 3.05) is 5.75 Å². The molecule has 1 atom stereocenters. The maximum atomic E-state index is 11.0. The average Bonchev–Trinajstić information content (AvgIpc) is 2.31. The molecule has 1 N–H and O–H groups in total. The van der Waals surface area contributed by atoms with E-state index < -0.39 is 0 Å². The number of amides is 2. The lowest BCUT2D eigenvalue weighted by molar-refractivity contribution is -0.124. The van der Waals surface area contributed by atoms with E-state index in [9.17, 15) is 9.59 Å². The number of rotatable bonds is 4. The summed E-state index contributed by atoms with van der Waals surface area (Å²) in [7, 11) is 0. The second-order valence-corrected chi connectivity index (χ2v) is 4.14. The molecule has 0 aromatic rings. The lowest BCUT2D eigenvalue weighted by Gasteiger charge is -2.03. The molecule has 1 saturated heterocycles. The minimum absolute atomic E-state index is 0.110. The van der Waals surface area contributed by atoms with Crippen molar-refractivity contribution in [3.63, 3.8) is 0 Å². The van der Waals surface area contributed by atoms with Crippen LogP contribution in [0.4, 0.5) is 0 Å². The number of hydrogen-bond donors (Lipinski definition) is 1. The Morgan fingerprint density at radius 3 is 2.83 bits per heavy atom. The smallest absolute Gasteiger partial charge is 0.240 e. The van der Waals surface area contributed by atoms with Crippen molar-refractivity contribution < 1.29 is 9.59 Å². The maximum Gasteiger partial charge on any atom is 0.240 e. The molecule has 1 aliphatic heterocycles. The molecule has 0 bridgehead atoms. The van der Waals surface area contributed by atoms with Gasteiger partial charge < -0.3 is 0 Å². The third-order valence-electron chi connectivity index (χ3n) is 1.74. The van der Waals surface area contributed by atoms with Crippen LogP contribution in [0.25, 0.3) is 0 Å². The normalized spacial score (nSPS) is 22.9. The fourth-order valence-corrected chi connectivity index (χ4v) is 2.25. The zero-order chi connectivity index (χ0) is 8.97. The van der Waals surface area contributed by atoms with Gasteiger partial charge in [0.1, 0.15) is 0 Å². The molecule has 12 heavy (non-hydrogen) atoms. The highest BCUT2D eigenvalue weighted by Gasteiger charge is 2.30. The van der Waals surface area contributed by atoms with Crippen LogP contribution in [-0.4, -0.2) is 22.8 Å². The standard InChI is InChI=1S/C8H13NO2S/c1-2-3-4-12-6-5-7(10)9-8(6)11/h6H,2-5H2,1H3,(H,9,10,11). The molecule has 3 nitrogen and oxygen atoms in total. The minimum Gasteiger partial charge on any atom is -0.295 e. The van der Waals surface area contributed by atoms with E-state index in [1.165, 1.54) is 0 Å². The molecule has 0 aromatic carbocycles. The summed E-state index contributed by atoms with van der Waals surface area (Å²) in [6.45, 7) is 2.11. The summed E-state index contributed by atoms with van der Waals surface area (Å²) < 4.78 is 0. The molecular formula is C8H13NO2S. The van der Waals surface area contributed by atoms with Gasteiger partial charge in [0.25, 0.3) is 0 Å². The molecule has 1 unspecified atom stereocenters. The predicted octanol–water partition coefficient (Wildman–Crippen LogP) is 0.935. The molecule has 0 aromatic heterocycles. The molecular weight excluding hydrogens is 174 g/mol. The Hall–Kier alpha value is -0.510. The molecule has 2 amide bonds. The minimum atomic E-state index is -0.131. The number of imide groups is 1. The van der Waals surface area contributed by atoms with Gasteiger partial charge in [-0.1, -0.05) is 13.3 Å². The third kappa shape index (κ3) is 2.52. The van der Waals surface area contributed by atoms with Crippen LogP contribution in [0.15, 0.2) is 0 Å². The first-order chi connectivity index (χ1) is 5.74. The lowest BCUT2D eigenvalue weighted by atomic mass is 10.3. The van der Waals surface area contributed by atoms with Crippen LogP contribution in [0.2, 0.25) is 0 Å². The first-order valence-electron chi connectivity index (χ1n) is 4.19. The average molecular weight is 187 g/mol. The van der Waals surface area contributed by atoms with Crippen LogP contribution in [0.1, 0.15) is 26.2 Å². The second kappa shape index (κ2) is 4.50. The van der Waals surface area contributed by atoms with Gasteiger partial charge in [0.2, 0.25) is 11.8 Å². The van der Waals surface area contributed by atoms with Crippen molar-refractivity contribution in [2.45, 2.75) is 31.4 Å². The topological polar surface area (TPSA) is 46.2 Å². The SMILES string of the molecule is CCCCSC1CC(=O)NC1=O. The number of carbonyl (C=O) groups is 2. The van der Waals surface area contributed by atoms with Crippen molar-refractivity contribution in [3.05, 3.63) is 0 Å². The van der Waals surface area contributed by atoms with Crippen LogP contribution >= 0.6 is 11.8 Å². The van der Waals surface area contributed by atoms with Gasteiger partial charge >= 0.3 is 0 Å². The van der Waals surface area contributed by atoms with E-state index in [0.717, 1.165) is 18.6 Å². The molecule has 0 saturated carbocycles. The summed E-state index contributed by atoms with van der Waals surface area (Å²) in [4.78, 5) is 21.8. The summed E-state index contributed by atoms with van der Waals surface area (Å²) in [5.74, 6) is 0.733. The van der Waals surface area contributed by atoms with Gasteiger partial charge in [-0.15, -0.1) is 11.8 Å². The second-order valence-electron chi connectivity index (χ2n) is 2.83. The number of carbonyl (C=O) groups excluding carboxylic acids is 2. The maximum absolute atomic E-state index is 11.0. The molecule has 1 heterocycles. The molecule has 0 aliphatic carbocycles. The Morgan fingerprint density at radius 1 is 1.58 bits per heavy atom. The zero-order valence-electron chi connectivity index (χ0n) is 7.13. The molecule has 0 spiro atoms. The van der Waals surface area contributed by atoms with Crippen LogP contribution < -0.4 is 5.32 Å². The number of unbranched alkanes of at least 4 members (excludes halogenated alkanes) is 1. The van der Waals surface area contributed by atoms with Crippen molar-refractivity contribution in [1.82, 2.24) is 5.32 Å². The summed E-state index contributed by atoms with van der Waals surface area (Å²) >= 11 is 1.59. The number of nitrogens with one attached hydrogen (secondary N) is 1. The molecule has 68 valence electrons. The van der Waals surface area contributed by atoms with Crippen LogP contribution in [0.5, 0.6) is 0 Å². The predicted molar refractivity (Wildman–Crippen MR) is 48.9 cm³/mol. The van der Waals surface area contributed by atoms with Gasteiger partial charge in [-0.3, -0.25) is 14.9 Å². The third-order valence-corrected chi connectivity index (χ3v) is 3.05. The van der Waals surface area contributed by atoms with E-state index in [0.29, 0.717) is 6.42 Å². The highest BCUT2D eigenvalue weighted by atomic mass is 32.2. The Bertz CT molecular complexity index is 193. The summed E-state index contributed by atoms with van der Waals surface area (Å²) in [6, 6.07) is 0. The fourth-order valence-electron chi connectivity index (χ4n) is 1.03. The van der Waals surface area contributed by atoms with Gasteiger partial charge in [0, 0.05) is 6.42 Å². The highest BCUT2D eigenvalue weighted by molar-refractivity contribution is 8.00. The Morgan fingerprint density at radius 2 is 2.33 bits per heavy atom. The molecule has 1 fully saturated rings. The van der Waals surface area contributed by atoms with E-state index in [-0.39, 0.29) is 17.1 Å². The molecule has 4 heteroatoms. The van der Waals surface area contributed by atoms with E-state index in [2.05, 4.69) is 12.2 Å². The Balaban J connectivity index is 2.24. The van der Waals surface area contributed by atoms with Crippen molar-refractivity contribution in [1.29, 1.82) is 0 Å². The monoisotopic (exact) mass is 187 g/mol. The quantitative estimate of drug-likeness (QED) is 0.526. The van der Waals surface area contributed by atoms with Gasteiger partial charge in [-0.05, 0) is 12.2 Å². The zero-order valence-corrected chi connectivity index (χ0v) is 7.95. The molecule has 1 rings (SSSR count). The van der Waals surface area contributed by atoms with Crippen molar-refractivity contribution in [2.24, 2.45) is 0 Å². The lowest BCUT2D eigenvalue weighted by Crippen LogP contribution is -2.23. The van der Waals surface area contributed by atoms with Gasteiger partial charge in [-0.25, -0.2) is 0 Å².